The molecule has 0 fully saturated rings. The van der Waals surface area contributed by atoms with Crippen molar-refractivity contribution in [2.45, 2.75) is 34.1 Å². The first-order valence-electron chi connectivity index (χ1n) is 10.6. The molecular weight excluding hydrogens is 693 g/mol. The normalized spacial score (nSPS) is 9.09. The summed E-state index contributed by atoms with van der Waals surface area (Å²) in [7, 11) is -1.53. The SMILES string of the molecule is CCBr.CCCI.CC[P+](c1ccccc1)(c1ccccc1)c1ccccc1.[Br-].[CH2-]C.[V]. The van der Waals surface area contributed by atoms with Gasteiger partial charge in [-0.15, -0.1) is 0 Å². The summed E-state index contributed by atoms with van der Waals surface area (Å²) < 4.78 is 1.29. The van der Waals surface area contributed by atoms with Crippen LogP contribution in [0.4, 0.5) is 0 Å². The Morgan fingerprint density at radius 3 is 1.06 bits per heavy atom. The topological polar surface area (TPSA) is 0 Å². The smallest absolute Gasteiger partial charge is 0.111 e. The Kier molecular flexibility index (Phi) is 28.3. The van der Waals surface area contributed by atoms with Gasteiger partial charge in [-0.1, -0.05) is 107 Å². The van der Waals surface area contributed by atoms with Crippen molar-refractivity contribution < 1.29 is 35.5 Å². The molecule has 0 aromatic heterocycles. The average Bonchev–Trinajstić information content (AvgIpc) is 2.84. The molecule has 0 bridgehead atoms. The number of rotatable bonds is 5. The molecule has 0 spiro atoms. The molecule has 0 aliphatic rings. The van der Waals surface area contributed by atoms with Crippen LogP contribution in [0.5, 0.6) is 0 Å². The third-order valence-electron chi connectivity index (χ3n) is 4.25. The summed E-state index contributed by atoms with van der Waals surface area (Å²) >= 11 is 5.50. The van der Waals surface area contributed by atoms with E-state index in [9.17, 15) is 0 Å². The Morgan fingerprint density at radius 1 is 0.688 bits per heavy atom. The second-order valence-corrected chi connectivity index (χ2v) is 12.1. The van der Waals surface area contributed by atoms with Gasteiger partial charge in [-0.3, -0.25) is 0 Å². The van der Waals surface area contributed by atoms with Gasteiger partial charge in [-0.2, -0.15) is 6.92 Å². The molecule has 3 rings (SSSR count). The Morgan fingerprint density at radius 2 is 0.906 bits per heavy atom. The van der Waals surface area contributed by atoms with Gasteiger partial charge in [0.1, 0.15) is 23.2 Å². The van der Waals surface area contributed by atoms with Crippen LogP contribution in [0.3, 0.4) is 0 Å². The number of hydrogen-bond acceptors (Lipinski definition) is 0. The molecule has 3 aromatic carbocycles. The van der Waals surface area contributed by atoms with Crippen LogP contribution in [0, 0.1) is 6.92 Å². The van der Waals surface area contributed by atoms with Gasteiger partial charge < -0.3 is 23.9 Å². The third-order valence-corrected chi connectivity index (χ3v) is 9.82. The van der Waals surface area contributed by atoms with Gasteiger partial charge in [-0.25, -0.2) is 0 Å². The van der Waals surface area contributed by atoms with Crippen LogP contribution in [0.2, 0.25) is 0 Å². The standard InChI is InChI=1S/C20H20P.C3H7I.C2H5Br.C2H5.BrH.V/c1-2-21(18-12-6-3-7-13-18,19-14-8-4-9-15-19)20-16-10-5-11-17-20;1-2-3-4;1-2-3;1-2;;/h3-17H,2H2,1H3;2-3H2,1H3;2H2,1H3;1H2,2H3;1H;/q+1;;;-1;;/p-1. The van der Waals surface area contributed by atoms with Crippen molar-refractivity contribution in [1.29, 1.82) is 0 Å². The van der Waals surface area contributed by atoms with E-state index in [-0.39, 0.29) is 35.5 Å². The van der Waals surface area contributed by atoms with E-state index in [0.717, 1.165) is 11.5 Å². The minimum atomic E-state index is -1.53. The Bertz CT molecular complexity index is 645. The largest absolute Gasteiger partial charge is 1.00 e. The molecule has 0 saturated heterocycles. The van der Waals surface area contributed by atoms with Gasteiger partial charge >= 0.3 is 0 Å². The first kappa shape index (κ1) is 36.9. The Labute approximate surface area is 243 Å². The molecule has 0 atom stereocenters. The molecule has 177 valence electrons. The van der Waals surface area contributed by atoms with Gasteiger partial charge in [0.15, 0.2) is 0 Å². The first-order valence-corrected chi connectivity index (χ1v) is 15.2. The Balaban J connectivity index is -0.000000667. The van der Waals surface area contributed by atoms with E-state index in [4.69, 9.17) is 0 Å². The van der Waals surface area contributed by atoms with Crippen molar-refractivity contribution in [3.63, 3.8) is 0 Å². The van der Waals surface area contributed by atoms with Gasteiger partial charge in [0.05, 0.1) is 6.16 Å². The molecule has 3 aromatic rings. The maximum absolute atomic E-state index is 3.25. The molecule has 1 radical (unpaired) electrons. The van der Waals surface area contributed by atoms with Crippen molar-refractivity contribution in [2.24, 2.45) is 0 Å². The predicted octanol–water partition coefficient (Wildman–Crippen LogP) is 5.07. The molecule has 5 heteroatoms. The average molecular weight is 730 g/mol. The van der Waals surface area contributed by atoms with Gasteiger partial charge in [0, 0.05) is 23.9 Å². The van der Waals surface area contributed by atoms with Crippen LogP contribution in [0.15, 0.2) is 91.0 Å². The summed E-state index contributed by atoms with van der Waals surface area (Å²) in [5.74, 6) is 0. The van der Waals surface area contributed by atoms with Crippen LogP contribution < -0.4 is 32.9 Å². The van der Waals surface area contributed by atoms with Crippen LogP contribution in [0.1, 0.15) is 34.1 Å². The number of halogens is 3. The fraction of sp³-hybridized carbons (Fsp3) is 0.296. The van der Waals surface area contributed by atoms with Crippen LogP contribution in [-0.2, 0) is 18.6 Å². The van der Waals surface area contributed by atoms with Crippen molar-refractivity contribution in [3.8, 4) is 0 Å². The summed E-state index contributed by atoms with van der Waals surface area (Å²) in [6.45, 7) is 11.5. The second kappa shape index (κ2) is 24.5. The summed E-state index contributed by atoms with van der Waals surface area (Å²) in [6.07, 6.45) is 2.45. The van der Waals surface area contributed by atoms with Crippen molar-refractivity contribution >= 4 is 61.7 Å². The van der Waals surface area contributed by atoms with Crippen LogP contribution in [0.25, 0.3) is 0 Å². The molecule has 32 heavy (non-hydrogen) atoms. The monoisotopic (exact) mass is 728 g/mol. The zero-order valence-electron chi connectivity index (χ0n) is 19.7. The number of benzene rings is 3. The molecule has 0 saturated carbocycles. The van der Waals surface area contributed by atoms with E-state index in [1.54, 1.807) is 6.92 Å². The molecule has 0 unspecified atom stereocenters. The van der Waals surface area contributed by atoms with Crippen LogP contribution >= 0.6 is 45.8 Å². The van der Waals surface area contributed by atoms with Crippen molar-refractivity contribution in [3.05, 3.63) is 97.9 Å². The molecule has 0 aliphatic heterocycles. The minimum Gasteiger partial charge on any atom is -1.00 e. The van der Waals surface area contributed by atoms with Crippen molar-refractivity contribution in [2.75, 3.05) is 15.9 Å². The molecular formula is C27H37Br2IPV-. The van der Waals surface area contributed by atoms with Gasteiger partial charge in [-0.05, 0) is 54.2 Å². The van der Waals surface area contributed by atoms with Crippen LogP contribution in [-0.4, -0.2) is 15.9 Å². The maximum Gasteiger partial charge on any atom is 0.111 e. The first-order chi connectivity index (χ1) is 14.7. The third kappa shape index (κ3) is 12.2. The van der Waals surface area contributed by atoms with Gasteiger partial charge in [0.25, 0.3) is 0 Å². The molecule has 0 N–H and O–H groups in total. The van der Waals surface area contributed by atoms with E-state index in [1.165, 1.54) is 26.8 Å². The fourth-order valence-electron chi connectivity index (χ4n) is 3.04. The Hall–Kier alpha value is 0.364. The fourth-order valence-corrected chi connectivity index (χ4v) is 7.08. The zero-order valence-corrected chi connectivity index (χ0v) is 27.3. The van der Waals surface area contributed by atoms with E-state index in [1.807, 2.05) is 6.92 Å². The summed E-state index contributed by atoms with van der Waals surface area (Å²) in [4.78, 5) is 0. The molecule has 0 nitrogen and oxygen atoms in total. The number of hydrogen-bond donors (Lipinski definition) is 0. The molecule has 0 aliphatic carbocycles. The van der Waals surface area contributed by atoms with E-state index in [0.29, 0.717) is 0 Å². The number of alkyl halides is 2. The van der Waals surface area contributed by atoms with Gasteiger partial charge in [0.2, 0.25) is 0 Å². The summed E-state index contributed by atoms with van der Waals surface area (Å²) in [5.41, 5.74) is 0. The summed E-state index contributed by atoms with van der Waals surface area (Å²) in [5, 5.41) is 5.45. The molecule has 0 heterocycles. The summed E-state index contributed by atoms with van der Waals surface area (Å²) in [6, 6.07) is 33.0. The molecule has 0 amide bonds. The van der Waals surface area contributed by atoms with E-state index < -0.39 is 7.26 Å². The minimum absolute atomic E-state index is 0. The second-order valence-electron chi connectivity index (χ2n) is 6.09. The zero-order chi connectivity index (χ0) is 22.7. The van der Waals surface area contributed by atoms with E-state index in [2.05, 4.69) is 150 Å². The van der Waals surface area contributed by atoms with E-state index >= 15 is 0 Å². The van der Waals surface area contributed by atoms with Crippen molar-refractivity contribution in [1.82, 2.24) is 0 Å². The maximum atomic E-state index is 3.25. The quantitative estimate of drug-likeness (QED) is 0.149. The predicted molar refractivity (Wildman–Crippen MR) is 155 cm³/mol.